The van der Waals surface area contributed by atoms with Crippen LogP contribution >= 0.6 is 0 Å². The molecule has 37 heavy (non-hydrogen) atoms. The number of nitrogens with zero attached hydrogens (tertiary/aromatic N) is 2. The highest BCUT2D eigenvalue weighted by Crippen LogP contribution is 2.36. The van der Waals surface area contributed by atoms with Crippen molar-refractivity contribution in [3.63, 3.8) is 0 Å². The van der Waals surface area contributed by atoms with Gasteiger partial charge in [0.2, 0.25) is 0 Å². The number of nitrogens with two attached hydrogens (primary N) is 1. The maximum Gasteiger partial charge on any atom is 0.0818 e. The molecule has 1 fully saturated rings. The van der Waals surface area contributed by atoms with Crippen LogP contribution < -0.4 is 10.6 Å². The maximum atomic E-state index is 9.37. The van der Waals surface area contributed by atoms with Gasteiger partial charge < -0.3 is 25.7 Å². The second-order valence-electron chi connectivity index (χ2n) is 8.47. The van der Waals surface area contributed by atoms with Crippen LogP contribution in [0.2, 0.25) is 0 Å². The summed E-state index contributed by atoms with van der Waals surface area (Å²) >= 11 is 0. The van der Waals surface area contributed by atoms with Gasteiger partial charge in [-0.1, -0.05) is 72.8 Å². The number of piperazine rings is 1. The molecule has 0 spiro atoms. The predicted octanol–water partition coefficient (Wildman–Crippen LogP) is 4.72. The van der Waals surface area contributed by atoms with Crippen LogP contribution in [0.25, 0.3) is 11.1 Å². The third kappa shape index (κ3) is 8.57. The Kier molecular flexibility index (Phi) is 13.7. The number of nitrogens with one attached hydrogen (secondary N) is 1. The quantitative estimate of drug-likeness (QED) is 0.147. The van der Waals surface area contributed by atoms with Crippen molar-refractivity contribution in [3.05, 3.63) is 102 Å². The fourth-order valence-corrected chi connectivity index (χ4v) is 4.53. The Morgan fingerprint density at radius 3 is 1.78 bits per heavy atom. The van der Waals surface area contributed by atoms with Gasteiger partial charge in [0, 0.05) is 45.6 Å². The van der Waals surface area contributed by atoms with E-state index >= 15 is 0 Å². The Labute approximate surface area is 222 Å². The Balaban J connectivity index is 0.00000115. The van der Waals surface area contributed by atoms with Crippen molar-refractivity contribution in [2.45, 2.75) is 19.3 Å². The number of allylic oxidation sites excluding steroid dienone is 1. The molecule has 1 aliphatic heterocycles. The Morgan fingerprint density at radius 2 is 1.27 bits per heavy atom. The minimum Gasteiger partial charge on any atom is -0.400 e. The van der Waals surface area contributed by atoms with Crippen molar-refractivity contribution in [2.24, 2.45) is 5.73 Å². The van der Waals surface area contributed by atoms with Crippen molar-refractivity contribution in [1.29, 1.82) is 5.41 Å². The van der Waals surface area contributed by atoms with E-state index < -0.39 is 0 Å². The van der Waals surface area contributed by atoms with Crippen LogP contribution in [0.3, 0.4) is 0 Å². The van der Waals surface area contributed by atoms with Gasteiger partial charge in [0.1, 0.15) is 0 Å². The second-order valence-corrected chi connectivity index (χ2v) is 8.47. The van der Waals surface area contributed by atoms with E-state index in [1.807, 2.05) is 0 Å². The average Bonchev–Trinajstić information content (AvgIpc) is 3.00. The number of rotatable bonds is 9. The van der Waals surface area contributed by atoms with Crippen LogP contribution in [0.4, 0.5) is 5.69 Å². The van der Waals surface area contributed by atoms with Crippen molar-refractivity contribution in [3.8, 4) is 0 Å². The molecule has 5 N–H and O–H groups in total. The van der Waals surface area contributed by atoms with E-state index in [4.69, 9.17) is 10.5 Å². The van der Waals surface area contributed by atoms with Crippen molar-refractivity contribution in [2.75, 3.05) is 51.8 Å². The number of anilines is 1. The van der Waals surface area contributed by atoms with Crippen molar-refractivity contribution < 1.29 is 10.2 Å². The van der Waals surface area contributed by atoms with Crippen LogP contribution in [0.5, 0.6) is 0 Å². The minimum atomic E-state index is 0.225. The van der Waals surface area contributed by atoms with E-state index in [2.05, 4.69) is 100 Å². The van der Waals surface area contributed by atoms with Gasteiger partial charge in [-0.25, -0.2) is 0 Å². The monoisotopic (exact) mass is 502 g/mol. The summed E-state index contributed by atoms with van der Waals surface area (Å²) in [5.74, 6) is 0. The highest BCUT2D eigenvalue weighted by Gasteiger charge is 2.17. The van der Waals surface area contributed by atoms with Crippen LogP contribution in [0.15, 0.2) is 84.9 Å². The molecule has 6 heteroatoms. The van der Waals surface area contributed by atoms with Gasteiger partial charge in [0.25, 0.3) is 0 Å². The zero-order chi connectivity index (χ0) is 26.9. The molecule has 198 valence electrons. The summed E-state index contributed by atoms with van der Waals surface area (Å²) in [7, 11) is 2.50. The molecule has 0 aliphatic carbocycles. The van der Waals surface area contributed by atoms with E-state index in [1.165, 1.54) is 46.9 Å². The molecule has 3 aromatic rings. The van der Waals surface area contributed by atoms with E-state index in [9.17, 15) is 5.11 Å². The minimum absolute atomic E-state index is 0.225. The zero-order valence-corrected chi connectivity index (χ0v) is 22.2. The summed E-state index contributed by atoms with van der Waals surface area (Å²) in [6.07, 6.45) is 4.12. The van der Waals surface area contributed by atoms with Crippen molar-refractivity contribution >= 4 is 23.2 Å². The molecule has 1 aliphatic rings. The summed E-state index contributed by atoms with van der Waals surface area (Å²) in [5.41, 5.74) is 12.0. The molecule has 6 nitrogen and oxygen atoms in total. The van der Waals surface area contributed by atoms with Gasteiger partial charge in [0.15, 0.2) is 0 Å². The van der Waals surface area contributed by atoms with Gasteiger partial charge in [0.05, 0.1) is 6.34 Å². The van der Waals surface area contributed by atoms with Crippen LogP contribution in [-0.2, 0) is 0 Å². The largest absolute Gasteiger partial charge is 0.400 e. The van der Waals surface area contributed by atoms with Gasteiger partial charge in [-0.05, 0) is 66.3 Å². The number of aliphatic hydroxyl groups is 2. The lowest BCUT2D eigenvalue weighted by Crippen LogP contribution is -2.45. The van der Waals surface area contributed by atoms with Gasteiger partial charge in [-0.15, -0.1) is 0 Å². The highest BCUT2D eigenvalue weighted by atomic mass is 16.3. The van der Waals surface area contributed by atoms with E-state index in [1.54, 1.807) is 0 Å². The fraction of sp³-hybridized carbons (Fsp3) is 0.323. The molecule has 0 aromatic heterocycles. The van der Waals surface area contributed by atoms with Crippen LogP contribution in [-0.4, -0.2) is 68.4 Å². The topological polar surface area (TPSA) is 96.8 Å². The molecule has 1 saturated heterocycles. The summed E-state index contributed by atoms with van der Waals surface area (Å²) in [5, 5.41) is 23.8. The predicted molar refractivity (Wildman–Crippen MR) is 157 cm³/mol. The molecule has 0 unspecified atom stereocenters. The first kappa shape index (κ1) is 29.8. The van der Waals surface area contributed by atoms with Crippen LogP contribution in [0.1, 0.15) is 36.0 Å². The normalized spacial score (nSPS) is 13.4. The van der Waals surface area contributed by atoms with Gasteiger partial charge in [-0.2, -0.15) is 0 Å². The Morgan fingerprint density at radius 1 is 0.757 bits per heavy atom. The molecule has 0 amide bonds. The molecule has 1 heterocycles. The third-order valence-electron chi connectivity index (χ3n) is 6.34. The lowest BCUT2D eigenvalue weighted by molar-refractivity contribution is 0.285. The molecular formula is C31H42N4O2. The first-order valence-electron chi connectivity index (χ1n) is 12.9. The number of benzene rings is 3. The summed E-state index contributed by atoms with van der Waals surface area (Å²) in [6.45, 7) is 3.88. The second kappa shape index (κ2) is 17.1. The SMILES string of the molecule is CN.CO.N=CN1CCN(c2ccc(/C(=C(/CCCCO)c3ccccc3)c3ccccc3)cc2)CC1. The molecule has 0 saturated carbocycles. The van der Waals surface area contributed by atoms with Gasteiger partial charge >= 0.3 is 0 Å². The third-order valence-corrected chi connectivity index (χ3v) is 6.34. The Bertz CT molecular complexity index is 1050. The van der Waals surface area contributed by atoms with Crippen LogP contribution in [0, 0.1) is 5.41 Å². The fourth-order valence-electron chi connectivity index (χ4n) is 4.53. The Hall–Kier alpha value is -3.45. The average molecular weight is 503 g/mol. The number of unbranched alkanes of at least 4 members (excludes halogenated alkanes) is 1. The van der Waals surface area contributed by atoms with Crippen molar-refractivity contribution in [1.82, 2.24) is 4.90 Å². The maximum absolute atomic E-state index is 9.37. The number of aliphatic hydroxyl groups excluding tert-OH is 2. The molecular weight excluding hydrogens is 460 g/mol. The smallest absolute Gasteiger partial charge is 0.0818 e. The number of hydrogen-bond donors (Lipinski definition) is 4. The molecule has 4 rings (SSSR count). The zero-order valence-electron chi connectivity index (χ0n) is 22.2. The summed E-state index contributed by atoms with van der Waals surface area (Å²) in [6, 6.07) is 30.2. The van der Waals surface area contributed by atoms with Gasteiger partial charge in [-0.3, -0.25) is 5.41 Å². The lowest BCUT2D eigenvalue weighted by Gasteiger charge is -2.35. The summed E-state index contributed by atoms with van der Waals surface area (Å²) in [4.78, 5) is 4.45. The van der Waals surface area contributed by atoms with E-state index in [-0.39, 0.29) is 6.61 Å². The highest BCUT2D eigenvalue weighted by molar-refractivity contribution is 5.98. The first-order valence-corrected chi connectivity index (χ1v) is 12.9. The standard InChI is InChI=1S/C29H33N3O.CH5N.CH4O/c30-23-31-18-20-32(21-19-31)27-16-14-26(15-17-27)29(25-11-5-2-6-12-25)28(13-7-8-22-33)24-9-3-1-4-10-24;2*1-2/h1-6,9-12,14-17,23,30,33H,7-8,13,18-22H2;2H2,1H3;2H,1H3/b29-28-,30-23?;;. The van der Waals surface area contributed by atoms with E-state index in [0.29, 0.717) is 0 Å². The molecule has 0 bridgehead atoms. The number of hydrogen-bond acceptors (Lipinski definition) is 5. The molecule has 3 aromatic carbocycles. The first-order chi connectivity index (χ1) is 18.3. The van der Waals surface area contributed by atoms with E-state index in [0.717, 1.165) is 52.6 Å². The lowest BCUT2D eigenvalue weighted by atomic mass is 9.87. The summed E-state index contributed by atoms with van der Waals surface area (Å²) < 4.78 is 0. The molecule has 0 atom stereocenters. The molecule has 0 radical (unpaired) electrons.